The average Bonchev–Trinajstić information content (AvgIpc) is 3.48. The molecule has 0 radical (unpaired) electrons. The zero-order valence-corrected chi connectivity index (χ0v) is 29.8. The predicted molar refractivity (Wildman–Crippen MR) is 192 cm³/mol. The largest absolute Gasteiger partial charge is 0.418 e. The summed E-state index contributed by atoms with van der Waals surface area (Å²) in [4.78, 5) is 54.6. The number of likely N-dealkylation sites (tertiary alicyclic amines) is 2. The number of anilines is 1. The zero-order valence-electron chi connectivity index (χ0n) is 28.2. The summed E-state index contributed by atoms with van der Waals surface area (Å²) in [6.07, 6.45) is -0.458. The summed E-state index contributed by atoms with van der Waals surface area (Å²) in [6.45, 7) is 5.62. The molecule has 2 aromatic carbocycles. The fourth-order valence-electron chi connectivity index (χ4n) is 8.11. The average molecular weight is 772 g/mol. The molecule has 2 amide bonds. The third-order valence-electron chi connectivity index (χ3n) is 10.8. The number of pyridine rings is 1. The van der Waals surface area contributed by atoms with Crippen LogP contribution < -0.4 is 16.7 Å². The van der Waals surface area contributed by atoms with E-state index in [1.165, 1.54) is 6.07 Å². The van der Waals surface area contributed by atoms with Gasteiger partial charge in [-0.15, -0.1) is 0 Å². The maximum Gasteiger partial charge on any atom is 0.418 e. The van der Waals surface area contributed by atoms with E-state index in [9.17, 15) is 27.6 Å². The quantitative estimate of drug-likeness (QED) is 0.235. The molecule has 51 heavy (non-hydrogen) atoms. The highest BCUT2D eigenvalue weighted by atomic mass is 79.9. The van der Waals surface area contributed by atoms with Gasteiger partial charge in [0.25, 0.3) is 0 Å². The lowest BCUT2D eigenvalue weighted by Crippen LogP contribution is -2.53. The number of nitrogen functional groups attached to an aromatic ring is 1. The van der Waals surface area contributed by atoms with Gasteiger partial charge < -0.3 is 25.8 Å². The number of piperazine rings is 1. The number of para-hydroxylation sites is 1. The fraction of sp³-hybridized carbons (Fsp3) is 0.500. The number of nitrogens with zero attached hydrogens (tertiary/aromatic N) is 5. The number of carbonyl (C=O) groups is 2. The Bertz CT molecular complexity index is 1980. The number of nitrogens with one attached hydrogen (secondary N) is 2. The lowest BCUT2D eigenvalue weighted by molar-refractivity contribution is -0.143. The number of H-pyrrole nitrogens is 1. The van der Waals surface area contributed by atoms with Crippen molar-refractivity contribution in [2.75, 3.05) is 58.1 Å². The van der Waals surface area contributed by atoms with Crippen LogP contribution in [0.2, 0.25) is 0 Å². The van der Waals surface area contributed by atoms with Crippen molar-refractivity contribution in [1.29, 1.82) is 0 Å². The lowest BCUT2D eigenvalue weighted by Gasteiger charge is -2.41. The van der Waals surface area contributed by atoms with E-state index < -0.39 is 23.3 Å². The van der Waals surface area contributed by atoms with E-state index in [-0.39, 0.29) is 46.4 Å². The minimum atomic E-state index is -4.68. The van der Waals surface area contributed by atoms with Crippen LogP contribution in [0.3, 0.4) is 0 Å². The van der Waals surface area contributed by atoms with Gasteiger partial charge in [0.15, 0.2) is 0 Å². The second kappa shape index (κ2) is 14.6. The molecule has 0 aliphatic carbocycles. The van der Waals surface area contributed by atoms with Crippen LogP contribution in [0.5, 0.6) is 0 Å². The fourth-order valence-corrected chi connectivity index (χ4v) is 8.62. The van der Waals surface area contributed by atoms with Crippen molar-refractivity contribution in [1.82, 2.24) is 34.6 Å². The van der Waals surface area contributed by atoms with Crippen molar-refractivity contribution in [3.8, 4) is 0 Å². The molecule has 3 fully saturated rings. The molecule has 15 heteroatoms. The number of nitrogens with two attached hydrogens (primary N) is 1. The van der Waals surface area contributed by atoms with Crippen LogP contribution in [0.1, 0.15) is 49.3 Å². The molecule has 0 bridgehead atoms. The van der Waals surface area contributed by atoms with Crippen molar-refractivity contribution in [2.24, 2.45) is 5.92 Å². The molecule has 0 saturated carbocycles. The zero-order chi connectivity index (χ0) is 35.9. The van der Waals surface area contributed by atoms with E-state index in [2.05, 4.69) is 36.1 Å². The van der Waals surface area contributed by atoms with Crippen LogP contribution in [0.15, 0.2) is 51.9 Å². The first-order chi connectivity index (χ1) is 24.5. The number of hydrogen-bond donors (Lipinski definition) is 3. The van der Waals surface area contributed by atoms with Crippen LogP contribution in [0, 0.1) is 5.92 Å². The van der Waals surface area contributed by atoms with Gasteiger partial charge in [-0.2, -0.15) is 13.2 Å². The van der Waals surface area contributed by atoms with Crippen LogP contribution in [-0.2, 0) is 22.2 Å². The van der Waals surface area contributed by atoms with Gasteiger partial charge in [-0.25, -0.2) is 4.79 Å². The van der Waals surface area contributed by atoms with Crippen molar-refractivity contribution in [3.63, 3.8) is 0 Å². The Morgan fingerprint density at radius 3 is 2.33 bits per heavy atom. The van der Waals surface area contributed by atoms with E-state index in [1.54, 1.807) is 20.6 Å². The second-order valence-electron chi connectivity index (χ2n) is 13.9. The molecule has 0 unspecified atom stereocenters. The van der Waals surface area contributed by atoms with Crippen LogP contribution >= 0.6 is 15.9 Å². The minimum absolute atomic E-state index is 0.0353. The summed E-state index contributed by atoms with van der Waals surface area (Å²) >= 11 is 3.17. The normalized spacial score (nSPS) is 19.2. The second-order valence-corrected chi connectivity index (χ2v) is 14.8. The number of benzene rings is 2. The summed E-state index contributed by atoms with van der Waals surface area (Å²) in [5.74, 6) is -1.30. The molecule has 272 valence electrons. The first-order valence-corrected chi connectivity index (χ1v) is 18.4. The lowest BCUT2D eigenvalue weighted by atomic mass is 9.91. The number of hydrogen-bond acceptors (Lipinski definition) is 7. The molecule has 4 N–H and O–H groups in total. The minimum Gasteiger partial charge on any atom is -0.397 e. The van der Waals surface area contributed by atoms with E-state index in [4.69, 9.17) is 5.73 Å². The topological polar surface area (TPSA) is 133 Å². The number of aromatic nitrogens is 3. The molecule has 11 nitrogen and oxygen atoms in total. The van der Waals surface area contributed by atoms with Crippen LogP contribution in [0.25, 0.3) is 21.9 Å². The molecule has 7 rings (SSSR count). The molecule has 3 aliphatic rings. The number of piperidine rings is 2. The molecular formula is C36H42BrF3N8O3. The van der Waals surface area contributed by atoms with Gasteiger partial charge in [-0.3, -0.25) is 24.0 Å². The predicted octanol–water partition coefficient (Wildman–Crippen LogP) is 4.55. The number of fused-ring (bicyclic) bond motifs is 3. The van der Waals surface area contributed by atoms with Gasteiger partial charge >= 0.3 is 11.9 Å². The summed E-state index contributed by atoms with van der Waals surface area (Å²) in [5, 5.41) is 4.23. The van der Waals surface area contributed by atoms with Gasteiger partial charge in [0, 0.05) is 80.7 Å². The van der Waals surface area contributed by atoms with E-state index in [0.29, 0.717) is 50.6 Å². The van der Waals surface area contributed by atoms with Gasteiger partial charge in [-0.05, 0) is 71.8 Å². The van der Waals surface area contributed by atoms with Crippen molar-refractivity contribution in [3.05, 3.63) is 68.7 Å². The summed E-state index contributed by atoms with van der Waals surface area (Å²) in [6, 6.07) is 10.3. The Hall–Kier alpha value is -3.95. The molecule has 0 spiro atoms. The van der Waals surface area contributed by atoms with E-state index in [0.717, 1.165) is 61.5 Å². The Labute approximate surface area is 301 Å². The highest BCUT2D eigenvalue weighted by molar-refractivity contribution is 9.10. The molecule has 1 atom stereocenters. The van der Waals surface area contributed by atoms with E-state index >= 15 is 0 Å². The number of alkyl halides is 3. The highest BCUT2D eigenvalue weighted by Crippen LogP contribution is 2.39. The first-order valence-electron chi connectivity index (χ1n) is 17.6. The molecule has 4 aromatic rings. The standard InChI is InChI=1S/C36H42BrF3N8O3/c37-28-19-22(18-27(32(28)41)36(38,39)40)17-23(34(50)47-13-5-24(6-14-47)45-15-9-42-10-16-45)20-31(49)46-11-7-25(8-12-46)48-30-21-43-29-4-2-1-3-26(29)33(30)44-35(48)51/h1-4,18-19,21,23-25,42H,5-17,20,41H2,(H,44,51)/t23-/m0/s1. The number of halogens is 4. The van der Waals surface area contributed by atoms with Crippen molar-refractivity contribution >= 4 is 55.4 Å². The Morgan fingerprint density at radius 1 is 0.961 bits per heavy atom. The SMILES string of the molecule is Nc1c(Br)cc(C[C@@H](CC(=O)N2CCC(n3c(=O)[nH]c4c5ccccc5ncc43)CC2)C(=O)N2CCC(N3CCNCC3)CC2)cc1C(F)(F)F. The number of amides is 2. The monoisotopic (exact) mass is 770 g/mol. The summed E-state index contributed by atoms with van der Waals surface area (Å²) in [5.41, 5.74) is 6.66. The van der Waals surface area contributed by atoms with Crippen LogP contribution in [0.4, 0.5) is 18.9 Å². The Kier molecular flexibility index (Phi) is 10.1. The number of aromatic amines is 1. The van der Waals surface area contributed by atoms with Gasteiger partial charge in [0.1, 0.15) is 0 Å². The number of rotatable bonds is 7. The van der Waals surface area contributed by atoms with E-state index in [1.807, 2.05) is 24.3 Å². The summed E-state index contributed by atoms with van der Waals surface area (Å²) < 4.78 is 43.5. The molecule has 3 saturated heterocycles. The molecule has 2 aromatic heterocycles. The number of carbonyl (C=O) groups excluding carboxylic acids is 2. The van der Waals surface area contributed by atoms with Crippen LogP contribution in [-0.4, -0.2) is 99.4 Å². The molecular weight excluding hydrogens is 729 g/mol. The third-order valence-corrected chi connectivity index (χ3v) is 11.5. The summed E-state index contributed by atoms with van der Waals surface area (Å²) in [7, 11) is 0. The van der Waals surface area contributed by atoms with Gasteiger partial charge in [0.05, 0.1) is 39.9 Å². The van der Waals surface area contributed by atoms with Crippen molar-refractivity contribution < 1.29 is 22.8 Å². The van der Waals surface area contributed by atoms with Gasteiger partial charge in [0.2, 0.25) is 11.8 Å². The number of imidazole rings is 1. The smallest absolute Gasteiger partial charge is 0.397 e. The Balaban J connectivity index is 1.07. The molecule has 5 heterocycles. The van der Waals surface area contributed by atoms with Gasteiger partial charge in [-0.1, -0.05) is 18.2 Å². The van der Waals surface area contributed by atoms with Crippen molar-refractivity contribution in [2.45, 2.75) is 56.8 Å². The maximum atomic E-state index is 14.1. The Morgan fingerprint density at radius 2 is 1.63 bits per heavy atom. The molecule has 3 aliphatic heterocycles. The third kappa shape index (κ3) is 7.38. The first kappa shape index (κ1) is 35.5. The highest BCUT2D eigenvalue weighted by Gasteiger charge is 2.37. The maximum absolute atomic E-state index is 14.1.